The SMILES string of the molecule is Nc1c(O)cc(S(=O)(=O)O)cc1C(=O)O. The largest absolute Gasteiger partial charge is 0.506 e. The number of nitrogens with two attached hydrogens (primary N) is 1. The van der Waals surface area contributed by atoms with Gasteiger partial charge in [-0.3, -0.25) is 4.55 Å². The predicted molar refractivity (Wildman–Crippen MR) is 49.3 cm³/mol. The Morgan fingerprint density at radius 3 is 2.27 bits per heavy atom. The van der Waals surface area contributed by atoms with Crippen molar-refractivity contribution < 1.29 is 28.0 Å². The van der Waals surface area contributed by atoms with Crippen LogP contribution in [0, 0.1) is 0 Å². The Morgan fingerprint density at radius 1 is 1.33 bits per heavy atom. The molecule has 1 aromatic carbocycles. The fourth-order valence-electron chi connectivity index (χ4n) is 0.938. The number of aromatic carboxylic acids is 1. The Labute approximate surface area is 84.5 Å². The van der Waals surface area contributed by atoms with Gasteiger partial charge in [0.2, 0.25) is 0 Å². The molecule has 0 bridgehead atoms. The molecule has 7 nitrogen and oxygen atoms in total. The van der Waals surface area contributed by atoms with Crippen LogP contribution in [0.1, 0.15) is 10.4 Å². The molecule has 0 heterocycles. The van der Waals surface area contributed by atoms with Crippen molar-refractivity contribution in [3.05, 3.63) is 17.7 Å². The van der Waals surface area contributed by atoms with Crippen LogP contribution < -0.4 is 5.73 Å². The van der Waals surface area contributed by atoms with Gasteiger partial charge in [0.1, 0.15) is 5.75 Å². The van der Waals surface area contributed by atoms with Crippen molar-refractivity contribution in [1.82, 2.24) is 0 Å². The Hall–Kier alpha value is -1.80. The lowest BCUT2D eigenvalue weighted by molar-refractivity contribution is 0.0697. The Kier molecular flexibility index (Phi) is 2.56. The molecule has 0 aromatic heterocycles. The molecule has 0 spiro atoms. The molecule has 0 unspecified atom stereocenters. The first-order chi connectivity index (χ1) is 6.73. The van der Waals surface area contributed by atoms with Gasteiger partial charge in [-0.15, -0.1) is 0 Å². The third-order valence-corrected chi connectivity index (χ3v) is 2.49. The molecule has 15 heavy (non-hydrogen) atoms. The number of hydrogen-bond donors (Lipinski definition) is 4. The van der Waals surface area contributed by atoms with Crippen LogP contribution in [-0.2, 0) is 10.1 Å². The number of carbonyl (C=O) groups is 1. The van der Waals surface area contributed by atoms with E-state index in [1.54, 1.807) is 0 Å². The number of rotatable bonds is 2. The molecule has 1 aromatic rings. The van der Waals surface area contributed by atoms with E-state index in [0.29, 0.717) is 12.1 Å². The normalized spacial score (nSPS) is 11.3. The minimum Gasteiger partial charge on any atom is -0.506 e. The lowest BCUT2D eigenvalue weighted by atomic mass is 10.1. The maximum Gasteiger partial charge on any atom is 0.337 e. The van der Waals surface area contributed by atoms with Crippen molar-refractivity contribution in [1.29, 1.82) is 0 Å². The zero-order valence-corrected chi connectivity index (χ0v) is 8.02. The summed E-state index contributed by atoms with van der Waals surface area (Å²) in [7, 11) is -4.58. The van der Waals surface area contributed by atoms with E-state index in [-0.39, 0.29) is 0 Å². The Morgan fingerprint density at radius 2 is 1.87 bits per heavy atom. The van der Waals surface area contributed by atoms with Crippen molar-refractivity contribution in [2.45, 2.75) is 4.90 Å². The smallest absolute Gasteiger partial charge is 0.337 e. The number of benzene rings is 1. The van der Waals surface area contributed by atoms with Crippen LogP contribution in [0.4, 0.5) is 5.69 Å². The minimum atomic E-state index is -4.58. The minimum absolute atomic E-state index is 0.463. The first-order valence-corrected chi connectivity index (χ1v) is 5.00. The maximum absolute atomic E-state index is 10.7. The molecule has 0 saturated carbocycles. The molecule has 0 aliphatic rings. The lowest BCUT2D eigenvalue weighted by Crippen LogP contribution is -2.06. The summed E-state index contributed by atoms with van der Waals surface area (Å²) in [4.78, 5) is 9.86. The summed E-state index contributed by atoms with van der Waals surface area (Å²) in [6.45, 7) is 0. The van der Waals surface area contributed by atoms with Crippen LogP contribution in [-0.4, -0.2) is 29.2 Å². The van der Waals surface area contributed by atoms with E-state index in [4.69, 9.17) is 20.5 Å². The highest BCUT2D eigenvalue weighted by Crippen LogP contribution is 2.28. The average molecular weight is 233 g/mol. The fraction of sp³-hybridized carbons (Fsp3) is 0. The lowest BCUT2D eigenvalue weighted by Gasteiger charge is -2.05. The Balaban J connectivity index is 3.57. The number of anilines is 1. The fourth-order valence-corrected chi connectivity index (χ4v) is 1.47. The van der Waals surface area contributed by atoms with Crippen LogP contribution >= 0.6 is 0 Å². The van der Waals surface area contributed by atoms with Crippen molar-refractivity contribution in [3.63, 3.8) is 0 Å². The molecular weight excluding hydrogens is 226 g/mol. The summed E-state index contributed by atoms with van der Waals surface area (Å²) in [5, 5.41) is 17.7. The van der Waals surface area contributed by atoms with Crippen molar-refractivity contribution in [3.8, 4) is 5.75 Å². The average Bonchev–Trinajstić information content (AvgIpc) is 2.06. The van der Waals surface area contributed by atoms with Gasteiger partial charge in [-0.05, 0) is 6.07 Å². The number of nitrogen functional groups attached to an aromatic ring is 1. The van der Waals surface area contributed by atoms with Crippen LogP contribution in [0.2, 0.25) is 0 Å². The first-order valence-electron chi connectivity index (χ1n) is 3.56. The number of carboxylic acid groups (broad SMARTS) is 1. The van der Waals surface area contributed by atoms with Gasteiger partial charge >= 0.3 is 5.97 Å². The second kappa shape index (κ2) is 3.41. The van der Waals surface area contributed by atoms with Gasteiger partial charge in [0, 0.05) is 6.07 Å². The molecule has 0 fully saturated rings. The van der Waals surface area contributed by atoms with Gasteiger partial charge in [-0.25, -0.2) is 4.79 Å². The highest BCUT2D eigenvalue weighted by Gasteiger charge is 2.18. The van der Waals surface area contributed by atoms with Gasteiger partial charge in [-0.1, -0.05) is 0 Å². The van der Waals surface area contributed by atoms with Crippen molar-refractivity contribution in [2.75, 3.05) is 5.73 Å². The first kappa shape index (κ1) is 11.3. The summed E-state index contributed by atoms with van der Waals surface area (Å²) in [5.74, 6) is -2.23. The number of hydrogen-bond acceptors (Lipinski definition) is 5. The van der Waals surface area contributed by atoms with Gasteiger partial charge in [0.15, 0.2) is 0 Å². The molecule has 0 amide bonds. The van der Waals surface area contributed by atoms with E-state index in [2.05, 4.69) is 0 Å². The van der Waals surface area contributed by atoms with Crippen LogP contribution in [0.25, 0.3) is 0 Å². The maximum atomic E-state index is 10.7. The molecule has 0 radical (unpaired) electrons. The van der Waals surface area contributed by atoms with Gasteiger partial charge < -0.3 is 15.9 Å². The highest BCUT2D eigenvalue weighted by atomic mass is 32.2. The second-order valence-electron chi connectivity index (χ2n) is 2.68. The molecule has 0 atom stereocenters. The van der Waals surface area contributed by atoms with Crippen molar-refractivity contribution in [2.24, 2.45) is 0 Å². The molecular formula is C7H7NO6S. The number of carboxylic acids is 1. The third-order valence-electron chi connectivity index (χ3n) is 1.66. The van der Waals surface area contributed by atoms with Gasteiger partial charge in [0.25, 0.3) is 10.1 Å². The van der Waals surface area contributed by atoms with E-state index < -0.39 is 38.0 Å². The summed E-state index contributed by atoms with van der Waals surface area (Å²) in [6.07, 6.45) is 0. The summed E-state index contributed by atoms with van der Waals surface area (Å²) < 4.78 is 30.0. The van der Waals surface area contributed by atoms with Crippen LogP contribution in [0.5, 0.6) is 5.75 Å². The molecule has 0 aliphatic carbocycles. The van der Waals surface area contributed by atoms with Crippen molar-refractivity contribution >= 4 is 21.8 Å². The zero-order chi connectivity index (χ0) is 11.8. The monoisotopic (exact) mass is 233 g/mol. The van der Waals surface area contributed by atoms with Gasteiger partial charge in [-0.2, -0.15) is 8.42 Å². The summed E-state index contributed by atoms with van der Waals surface area (Å²) >= 11 is 0. The van der Waals surface area contributed by atoms with E-state index in [1.807, 2.05) is 0 Å². The Bertz CT molecular complexity index is 521. The van der Waals surface area contributed by atoms with Crippen LogP contribution in [0.3, 0.4) is 0 Å². The highest BCUT2D eigenvalue weighted by molar-refractivity contribution is 7.85. The second-order valence-corrected chi connectivity index (χ2v) is 4.11. The molecule has 82 valence electrons. The molecule has 8 heteroatoms. The molecule has 0 saturated heterocycles. The van der Waals surface area contributed by atoms with E-state index in [1.165, 1.54) is 0 Å². The number of phenolic OH excluding ortho intramolecular Hbond substituents is 1. The summed E-state index contributed by atoms with van der Waals surface area (Å²) in [6, 6.07) is 1.32. The quantitative estimate of drug-likeness (QED) is 0.318. The molecule has 1 rings (SSSR count). The molecule has 0 aliphatic heterocycles. The summed E-state index contributed by atoms with van der Waals surface area (Å²) in [5.41, 5.74) is 4.13. The number of aromatic hydroxyl groups is 1. The van der Waals surface area contributed by atoms with Gasteiger partial charge in [0.05, 0.1) is 16.1 Å². The van der Waals surface area contributed by atoms with Crippen LogP contribution in [0.15, 0.2) is 17.0 Å². The molecule has 5 N–H and O–H groups in total. The topological polar surface area (TPSA) is 138 Å². The van der Waals surface area contributed by atoms with E-state index in [0.717, 1.165) is 0 Å². The van der Waals surface area contributed by atoms with E-state index in [9.17, 15) is 13.2 Å². The standard InChI is InChI=1S/C7H7NO6S/c8-6-4(7(10)11)1-3(2-5(6)9)15(12,13)14/h1-2,9H,8H2,(H,10,11)(H,12,13,14). The number of phenols is 1. The predicted octanol–water partition coefficient (Wildman–Crippen LogP) is -0.0807. The van der Waals surface area contributed by atoms with E-state index >= 15 is 0 Å². The zero-order valence-electron chi connectivity index (χ0n) is 7.21. The third kappa shape index (κ3) is 2.17.